The Balaban J connectivity index is 3.90. The molecule has 70 valence electrons. The maximum absolute atomic E-state index is 3.79. The summed E-state index contributed by atoms with van der Waals surface area (Å²) in [5, 5.41) is 0. The minimum atomic E-state index is 0.658. The molecule has 0 heterocycles. The fraction of sp³-hybridized carbons (Fsp3) is 0.667. The Morgan fingerprint density at radius 1 is 1.42 bits per heavy atom. The molecule has 0 saturated carbocycles. The predicted octanol–water partition coefficient (Wildman–Crippen LogP) is 4.34. The van der Waals surface area contributed by atoms with Crippen molar-refractivity contribution in [3.63, 3.8) is 0 Å². The maximum atomic E-state index is 3.79. The second kappa shape index (κ2) is 6.05. The summed E-state index contributed by atoms with van der Waals surface area (Å²) in [6, 6.07) is 0. The molecule has 0 bridgehead atoms. The molecule has 0 aliphatic rings. The molecule has 0 aromatic heterocycles. The van der Waals surface area contributed by atoms with Crippen LogP contribution < -0.4 is 0 Å². The second-order valence-electron chi connectivity index (χ2n) is 3.71. The van der Waals surface area contributed by atoms with Crippen LogP contribution in [-0.4, -0.2) is 0 Å². The zero-order chi connectivity index (χ0) is 9.56. The molecule has 0 fully saturated rings. The number of allylic oxidation sites excluding steroid dienone is 3. The van der Waals surface area contributed by atoms with Crippen LogP contribution in [0.5, 0.6) is 0 Å². The molecule has 0 rings (SSSR count). The van der Waals surface area contributed by atoms with Crippen LogP contribution in [0.25, 0.3) is 0 Å². The van der Waals surface area contributed by atoms with Crippen molar-refractivity contribution in [2.45, 2.75) is 47.0 Å². The SMILES string of the molecule is C=CC(C)CCC(CC)=C(C)C. The van der Waals surface area contributed by atoms with Crippen molar-refractivity contribution in [2.75, 3.05) is 0 Å². The Kier molecular flexibility index (Phi) is 5.79. The van der Waals surface area contributed by atoms with E-state index in [4.69, 9.17) is 0 Å². The molecule has 1 unspecified atom stereocenters. The van der Waals surface area contributed by atoms with Crippen LogP contribution in [0.15, 0.2) is 23.8 Å². The van der Waals surface area contributed by atoms with Crippen molar-refractivity contribution in [1.29, 1.82) is 0 Å². The van der Waals surface area contributed by atoms with E-state index in [-0.39, 0.29) is 0 Å². The van der Waals surface area contributed by atoms with Crippen LogP contribution in [0.3, 0.4) is 0 Å². The third-order valence-corrected chi connectivity index (χ3v) is 2.44. The first-order valence-electron chi connectivity index (χ1n) is 4.89. The highest BCUT2D eigenvalue weighted by Crippen LogP contribution is 2.18. The molecule has 0 saturated heterocycles. The standard InChI is InChI=1S/C12H22/c1-6-11(5)8-9-12(7-2)10(3)4/h6,11H,1,7-9H2,2-5H3. The lowest BCUT2D eigenvalue weighted by atomic mass is 9.97. The summed E-state index contributed by atoms with van der Waals surface area (Å²) in [6.45, 7) is 12.7. The highest BCUT2D eigenvalue weighted by atomic mass is 14.1. The third kappa shape index (κ3) is 4.38. The van der Waals surface area contributed by atoms with Crippen LogP contribution >= 0.6 is 0 Å². The molecular weight excluding hydrogens is 144 g/mol. The van der Waals surface area contributed by atoms with Crippen LogP contribution in [0.4, 0.5) is 0 Å². The van der Waals surface area contributed by atoms with Gasteiger partial charge in [-0.3, -0.25) is 0 Å². The van der Waals surface area contributed by atoms with Gasteiger partial charge in [0.15, 0.2) is 0 Å². The molecule has 0 nitrogen and oxygen atoms in total. The van der Waals surface area contributed by atoms with E-state index in [1.54, 1.807) is 5.57 Å². The van der Waals surface area contributed by atoms with Crippen LogP contribution in [0.2, 0.25) is 0 Å². The molecule has 12 heavy (non-hydrogen) atoms. The molecule has 0 radical (unpaired) electrons. The van der Waals surface area contributed by atoms with Crippen molar-refractivity contribution in [3.05, 3.63) is 23.8 Å². The molecule has 0 spiro atoms. The van der Waals surface area contributed by atoms with Crippen molar-refractivity contribution >= 4 is 0 Å². The summed E-state index contributed by atoms with van der Waals surface area (Å²) in [5.41, 5.74) is 3.11. The summed E-state index contributed by atoms with van der Waals surface area (Å²) in [6.07, 6.45) is 5.73. The summed E-state index contributed by atoms with van der Waals surface area (Å²) in [7, 11) is 0. The molecule has 0 heteroatoms. The maximum Gasteiger partial charge on any atom is -0.0262 e. The highest BCUT2D eigenvalue weighted by molar-refractivity contribution is 5.09. The van der Waals surface area contributed by atoms with Gasteiger partial charge in [-0.05, 0) is 39.0 Å². The largest absolute Gasteiger partial charge is 0.103 e. The average molecular weight is 166 g/mol. The molecule has 0 N–H and O–H groups in total. The fourth-order valence-corrected chi connectivity index (χ4v) is 1.30. The molecule has 0 aromatic rings. The van der Waals surface area contributed by atoms with E-state index in [2.05, 4.69) is 34.3 Å². The Morgan fingerprint density at radius 3 is 2.33 bits per heavy atom. The van der Waals surface area contributed by atoms with E-state index in [0.29, 0.717) is 5.92 Å². The summed E-state index contributed by atoms with van der Waals surface area (Å²) >= 11 is 0. The Hall–Kier alpha value is -0.520. The summed E-state index contributed by atoms with van der Waals surface area (Å²) in [5.74, 6) is 0.658. The van der Waals surface area contributed by atoms with E-state index in [0.717, 1.165) is 0 Å². The van der Waals surface area contributed by atoms with Gasteiger partial charge in [0, 0.05) is 0 Å². The number of rotatable bonds is 5. The van der Waals surface area contributed by atoms with Crippen molar-refractivity contribution in [1.82, 2.24) is 0 Å². The highest BCUT2D eigenvalue weighted by Gasteiger charge is 2.00. The number of hydrogen-bond donors (Lipinski definition) is 0. The van der Waals surface area contributed by atoms with Crippen LogP contribution in [-0.2, 0) is 0 Å². The Morgan fingerprint density at radius 2 is 2.00 bits per heavy atom. The van der Waals surface area contributed by atoms with Crippen molar-refractivity contribution in [2.24, 2.45) is 5.92 Å². The third-order valence-electron chi connectivity index (χ3n) is 2.44. The Bertz CT molecular complexity index is 159. The first-order valence-corrected chi connectivity index (χ1v) is 4.89. The monoisotopic (exact) mass is 166 g/mol. The molecule has 0 amide bonds. The van der Waals surface area contributed by atoms with Crippen molar-refractivity contribution in [3.8, 4) is 0 Å². The van der Waals surface area contributed by atoms with Crippen LogP contribution in [0, 0.1) is 5.92 Å². The van der Waals surface area contributed by atoms with Gasteiger partial charge in [0.05, 0.1) is 0 Å². The van der Waals surface area contributed by atoms with Gasteiger partial charge in [0.25, 0.3) is 0 Å². The number of hydrogen-bond acceptors (Lipinski definition) is 0. The lowest BCUT2D eigenvalue weighted by Gasteiger charge is -2.09. The minimum Gasteiger partial charge on any atom is -0.103 e. The zero-order valence-electron chi connectivity index (χ0n) is 8.98. The van der Waals surface area contributed by atoms with Gasteiger partial charge in [-0.25, -0.2) is 0 Å². The minimum absolute atomic E-state index is 0.658. The normalized spacial score (nSPS) is 12.3. The van der Waals surface area contributed by atoms with Gasteiger partial charge in [-0.2, -0.15) is 0 Å². The van der Waals surface area contributed by atoms with E-state index in [9.17, 15) is 0 Å². The average Bonchev–Trinajstić information content (AvgIpc) is 2.04. The lowest BCUT2D eigenvalue weighted by molar-refractivity contribution is 0.635. The van der Waals surface area contributed by atoms with Gasteiger partial charge in [0.1, 0.15) is 0 Å². The fourth-order valence-electron chi connectivity index (χ4n) is 1.30. The first-order chi connectivity index (χ1) is 5.61. The van der Waals surface area contributed by atoms with Gasteiger partial charge >= 0.3 is 0 Å². The second-order valence-corrected chi connectivity index (χ2v) is 3.71. The van der Waals surface area contributed by atoms with E-state index < -0.39 is 0 Å². The van der Waals surface area contributed by atoms with E-state index in [1.807, 2.05) is 6.08 Å². The quantitative estimate of drug-likeness (QED) is 0.533. The lowest BCUT2D eigenvalue weighted by Crippen LogP contribution is -1.92. The van der Waals surface area contributed by atoms with Gasteiger partial charge in [-0.15, -0.1) is 6.58 Å². The molecule has 1 atom stereocenters. The topological polar surface area (TPSA) is 0 Å². The molecule has 0 aliphatic heterocycles. The van der Waals surface area contributed by atoms with Crippen molar-refractivity contribution < 1.29 is 0 Å². The predicted molar refractivity (Wildman–Crippen MR) is 57.3 cm³/mol. The van der Waals surface area contributed by atoms with E-state index in [1.165, 1.54) is 24.8 Å². The molecular formula is C12H22. The van der Waals surface area contributed by atoms with Gasteiger partial charge in [-0.1, -0.05) is 31.1 Å². The summed E-state index contributed by atoms with van der Waals surface area (Å²) in [4.78, 5) is 0. The smallest absolute Gasteiger partial charge is 0.0262 e. The van der Waals surface area contributed by atoms with E-state index >= 15 is 0 Å². The van der Waals surface area contributed by atoms with Crippen LogP contribution in [0.1, 0.15) is 47.0 Å². The van der Waals surface area contributed by atoms with Gasteiger partial charge in [0.2, 0.25) is 0 Å². The molecule has 0 aliphatic carbocycles. The molecule has 0 aromatic carbocycles. The zero-order valence-corrected chi connectivity index (χ0v) is 8.98. The first kappa shape index (κ1) is 11.5. The van der Waals surface area contributed by atoms with Gasteiger partial charge < -0.3 is 0 Å². The Labute approximate surface area is 77.4 Å². The summed E-state index contributed by atoms with van der Waals surface area (Å²) < 4.78 is 0.